The maximum atomic E-state index is 10.7. The monoisotopic (exact) mass is 259 g/mol. The molecule has 0 aromatic carbocycles. The average Bonchev–Trinajstić information content (AvgIpc) is 2.00. The van der Waals surface area contributed by atoms with Crippen molar-refractivity contribution >= 4 is 15.2 Å². The van der Waals surface area contributed by atoms with Gasteiger partial charge in [0.2, 0.25) is 0 Å². The van der Waals surface area contributed by atoms with Gasteiger partial charge in [0, 0.05) is 0 Å². The van der Waals surface area contributed by atoms with Crippen molar-refractivity contribution in [2.45, 2.75) is 37.7 Å². The minimum absolute atomic E-state index is 0.0221. The summed E-state index contributed by atoms with van der Waals surface area (Å²) in [5.41, 5.74) is 0. The first-order chi connectivity index (χ1) is 6.56. The van der Waals surface area contributed by atoms with Crippen molar-refractivity contribution in [3.05, 3.63) is 0 Å². The summed E-state index contributed by atoms with van der Waals surface area (Å²) in [7, 11) is -11.5. The van der Waals surface area contributed by atoms with Gasteiger partial charge in [0.05, 0.1) is 0 Å². The van der Waals surface area contributed by atoms with E-state index in [-0.39, 0.29) is 6.42 Å². The van der Waals surface area contributed by atoms with Gasteiger partial charge in [0.25, 0.3) is 0 Å². The molecule has 0 aliphatic rings. The molecule has 0 saturated carbocycles. The van der Waals surface area contributed by atoms with E-state index in [2.05, 4.69) is 0 Å². The Morgan fingerprint density at radius 1 is 1.20 bits per heavy atom. The zero-order chi connectivity index (χ0) is 12.3. The van der Waals surface area contributed by atoms with Crippen LogP contribution in [0.2, 0.25) is 0 Å². The molecule has 0 amide bonds. The molecule has 0 radical (unpaired) electrons. The number of hydrogen-bond donors (Lipinski definition) is 2. The molecule has 0 spiro atoms. The lowest BCUT2D eigenvalue weighted by atomic mass is 10.2. The third kappa shape index (κ3) is 3.64. The van der Waals surface area contributed by atoms with Crippen LogP contribution in [0.15, 0.2) is 0 Å². The van der Waals surface area contributed by atoms with Crippen LogP contribution in [-0.2, 0) is 9.13 Å². The second-order valence-corrected chi connectivity index (χ2v) is 7.12. The van der Waals surface area contributed by atoms with Gasteiger partial charge in [-0.1, -0.05) is 19.8 Å². The molecule has 0 bridgehead atoms. The fraction of sp³-hybridized carbons (Fsp3) is 1.00. The van der Waals surface area contributed by atoms with E-state index in [1.807, 2.05) is 0 Å². The molecule has 0 aromatic rings. The van der Waals surface area contributed by atoms with Crippen LogP contribution in [0, 0.1) is 0 Å². The fourth-order valence-electron chi connectivity index (χ4n) is 1.05. The second kappa shape index (κ2) is 5.06. The highest BCUT2D eigenvalue weighted by atomic mass is 31.2. The van der Waals surface area contributed by atoms with Crippen molar-refractivity contribution in [3.8, 4) is 0 Å². The molecule has 0 saturated heterocycles. The van der Waals surface area contributed by atoms with Gasteiger partial charge in [0.15, 0.2) is 12.7 Å². The Balaban J connectivity index is 4.91. The normalized spacial score (nSPS) is 20.7. The van der Waals surface area contributed by atoms with Gasteiger partial charge in [-0.05, 0) is 20.4 Å². The first-order valence-electron chi connectivity index (χ1n) is 4.34. The van der Waals surface area contributed by atoms with Gasteiger partial charge in [-0.3, -0.25) is 0 Å². The lowest BCUT2D eigenvalue weighted by molar-refractivity contribution is -0.328. The van der Waals surface area contributed by atoms with E-state index < -0.39 is 26.7 Å². The average molecular weight is 259 g/mol. The van der Waals surface area contributed by atoms with Crippen LogP contribution in [0.25, 0.3) is 0 Å². The molecule has 2 N–H and O–H groups in total. The summed E-state index contributed by atoms with van der Waals surface area (Å²) in [6, 6.07) is 0. The first-order valence-corrected chi connectivity index (χ1v) is 7.46. The summed E-state index contributed by atoms with van der Waals surface area (Å²) >= 11 is 0. The zero-order valence-corrected chi connectivity index (χ0v) is 9.95. The predicted octanol–water partition coefficient (Wildman–Crippen LogP) is -1.33. The van der Waals surface area contributed by atoms with Crippen LogP contribution in [0.1, 0.15) is 32.6 Å². The number of aliphatic hydroxyl groups is 1. The molecule has 9 heteroatoms. The maximum absolute atomic E-state index is 10.7. The smallest absolute Gasteiger partial charge is 0.168 e. The van der Waals surface area contributed by atoms with E-state index >= 15 is 0 Å². The van der Waals surface area contributed by atoms with Crippen molar-refractivity contribution < 1.29 is 33.8 Å². The van der Waals surface area contributed by atoms with E-state index in [1.165, 1.54) is 0 Å². The Kier molecular flexibility index (Phi) is 5.15. The minimum Gasteiger partial charge on any atom is -0.808 e. The van der Waals surface area contributed by atoms with Crippen LogP contribution in [0.3, 0.4) is 0 Å². The Morgan fingerprint density at radius 3 is 1.93 bits per heavy atom. The van der Waals surface area contributed by atoms with Crippen molar-refractivity contribution in [2.24, 2.45) is 0 Å². The summed E-state index contributed by atoms with van der Waals surface area (Å²) in [5.74, 6) is 0. The summed E-state index contributed by atoms with van der Waals surface area (Å²) in [6.07, 6.45) is 0.311. The predicted molar refractivity (Wildman–Crippen MR) is 46.5 cm³/mol. The lowest BCUT2D eigenvalue weighted by Crippen LogP contribution is -2.42. The molecule has 0 aliphatic carbocycles. The molecule has 0 rings (SSSR count). The van der Waals surface area contributed by atoms with E-state index in [1.54, 1.807) is 6.92 Å². The maximum Gasteiger partial charge on any atom is 0.168 e. The third-order valence-electron chi connectivity index (χ3n) is 2.01. The summed E-state index contributed by atoms with van der Waals surface area (Å²) in [4.78, 5) is 40.4. The molecule has 0 heterocycles. The Labute approximate surface area is 87.5 Å². The minimum atomic E-state index is -5.82. The van der Waals surface area contributed by atoms with Gasteiger partial charge < -0.3 is 33.8 Å². The van der Waals surface area contributed by atoms with Gasteiger partial charge >= 0.3 is 0 Å². The largest absolute Gasteiger partial charge is 0.808 e. The highest BCUT2D eigenvalue weighted by Gasteiger charge is 2.40. The number of hydrogen-bond acceptors (Lipinski definition) is 6. The molecular weight excluding hydrogens is 246 g/mol. The van der Waals surface area contributed by atoms with Crippen LogP contribution in [-0.4, -0.2) is 15.1 Å². The zero-order valence-electron chi connectivity index (χ0n) is 8.16. The quantitative estimate of drug-likeness (QED) is 0.444. The first kappa shape index (κ1) is 15.3. The van der Waals surface area contributed by atoms with Gasteiger partial charge in [0.1, 0.15) is 0 Å². The van der Waals surface area contributed by atoms with Crippen LogP contribution < -0.4 is 14.7 Å². The lowest BCUT2D eigenvalue weighted by Gasteiger charge is -2.49. The van der Waals surface area contributed by atoms with E-state index in [0.29, 0.717) is 12.8 Å². The Bertz CT molecular complexity index is 268. The number of rotatable bonds is 6. The highest BCUT2D eigenvalue weighted by molar-refractivity contribution is 7.70. The van der Waals surface area contributed by atoms with Gasteiger partial charge in [-0.25, -0.2) is 0 Å². The number of unbranched alkanes of at least 4 members (excludes halogenated alkanes) is 2. The summed E-state index contributed by atoms with van der Waals surface area (Å²) < 4.78 is 21.2. The Morgan fingerprint density at radius 2 is 1.67 bits per heavy atom. The molecule has 92 valence electrons. The van der Waals surface area contributed by atoms with Gasteiger partial charge in [-0.15, -0.1) is 0 Å². The molecule has 0 fully saturated rings. The van der Waals surface area contributed by atoms with Crippen LogP contribution in [0.5, 0.6) is 0 Å². The van der Waals surface area contributed by atoms with E-state index in [0.717, 1.165) is 0 Å². The topological polar surface area (TPSA) is 144 Å². The molecule has 0 aliphatic heterocycles. The van der Waals surface area contributed by atoms with E-state index in [9.17, 15) is 28.9 Å². The standard InChI is InChI=1S/C6H16O7P2/c1-2-3-4-5-6(7,14(8,9)10)15(11,12)13/h7H,2-5H2,1H3,(H2,8,9,10)(H2,11,12,13)/p-3. The second-order valence-electron chi connectivity index (χ2n) is 3.25. The molecular formula is C6H13O7P2-3. The highest BCUT2D eigenvalue weighted by Crippen LogP contribution is 2.63. The van der Waals surface area contributed by atoms with Crippen molar-refractivity contribution in [3.63, 3.8) is 0 Å². The van der Waals surface area contributed by atoms with Crippen molar-refractivity contribution in [2.75, 3.05) is 0 Å². The van der Waals surface area contributed by atoms with Gasteiger partial charge in [-0.2, -0.15) is 0 Å². The van der Waals surface area contributed by atoms with Crippen LogP contribution in [0.4, 0.5) is 0 Å². The van der Waals surface area contributed by atoms with Crippen molar-refractivity contribution in [1.29, 1.82) is 0 Å². The third-order valence-corrected chi connectivity index (χ3v) is 5.73. The van der Waals surface area contributed by atoms with Crippen LogP contribution >= 0.6 is 15.2 Å². The van der Waals surface area contributed by atoms with E-state index in [4.69, 9.17) is 4.89 Å². The molecule has 7 nitrogen and oxygen atoms in total. The summed E-state index contributed by atoms with van der Waals surface area (Å²) in [6.45, 7) is 1.77. The molecule has 0 aromatic heterocycles. The SMILES string of the molecule is CCCCCC(O)(P(=O)([O-])[O-])P(=O)([O-])O. The summed E-state index contributed by atoms with van der Waals surface area (Å²) in [5, 5.41) is 5.62. The van der Waals surface area contributed by atoms with Crippen molar-refractivity contribution in [1.82, 2.24) is 0 Å². The molecule has 2 atom stereocenters. The molecule has 15 heavy (non-hydrogen) atoms. The fourth-order valence-corrected chi connectivity index (χ4v) is 3.16. The Hall–Kier alpha value is 0.260. The molecule has 2 unspecified atom stereocenters.